The van der Waals surface area contributed by atoms with Crippen LogP contribution in [0.2, 0.25) is 0 Å². The summed E-state index contributed by atoms with van der Waals surface area (Å²) in [5.74, 6) is 0. The molecule has 0 radical (unpaired) electrons. The Balaban J connectivity index is 0. The Morgan fingerprint density at radius 2 is 2.11 bits per heavy atom. The van der Waals surface area contributed by atoms with E-state index in [9.17, 15) is 0 Å². The monoisotopic (exact) mass is 150 g/mol. The van der Waals surface area contributed by atoms with Crippen molar-refractivity contribution < 1.29 is 0 Å². The summed E-state index contributed by atoms with van der Waals surface area (Å²) >= 11 is 0. The van der Waals surface area contributed by atoms with Gasteiger partial charge in [-0.1, -0.05) is 6.92 Å². The molecular formula is C6H15ClN2. The van der Waals surface area contributed by atoms with Gasteiger partial charge >= 0.3 is 0 Å². The molecule has 0 amide bonds. The first-order valence-corrected chi connectivity index (χ1v) is 3.11. The van der Waals surface area contributed by atoms with Gasteiger partial charge in [0.25, 0.3) is 0 Å². The van der Waals surface area contributed by atoms with Crippen LogP contribution in [0.5, 0.6) is 0 Å². The first kappa shape index (κ1) is 11.7. The Hall–Kier alpha value is -0.0800. The Bertz CT molecular complexity index is 57.0. The molecule has 56 valence electrons. The first-order chi connectivity index (χ1) is 3.91. The Labute approximate surface area is 63.0 Å². The van der Waals surface area contributed by atoms with Crippen LogP contribution < -0.4 is 5.32 Å². The normalized spacial score (nSPS) is 8.11. The van der Waals surface area contributed by atoms with E-state index in [-0.39, 0.29) is 12.4 Å². The quantitative estimate of drug-likeness (QED) is 0.452. The summed E-state index contributed by atoms with van der Waals surface area (Å²) in [6.07, 6.45) is 3.47. The average molecular weight is 151 g/mol. The largest absolute Gasteiger partial charge is 0.316 e. The highest BCUT2D eigenvalue weighted by Gasteiger charge is 1.79. The summed E-state index contributed by atoms with van der Waals surface area (Å²) in [5.41, 5.74) is 0. The number of hydrogen-bond donors (Lipinski definition) is 2. The van der Waals surface area contributed by atoms with E-state index in [0.29, 0.717) is 0 Å². The van der Waals surface area contributed by atoms with E-state index in [1.165, 1.54) is 12.6 Å². The molecule has 0 spiro atoms. The number of nitrogens with one attached hydrogen (secondary N) is 2. The maximum absolute atomic E-state index is 6.67. The fourth-order valence-electron chi connectivity index (χ4n) is 0.476. The van der Waals surface area contributed by atoms with Gasteiger partial charge in [-0.3, -0.25) is 0 Å². The zero-order chi connectivity index (χ0) is 6.24. The van der Waals surface area contributed by atoms with Crippen molar-refractivity contribution in [2.24, 2.45) is 0 Å². The van der Waals surface area contributed by atoms with Gasteiger partial charge in [-0.25, -0.2) is 0 Å². The predicted molar refractivity (Wildman–Crippen MR) is 43.8 cm³/mol. The van der Waals surface area contributed by atoms with E-state index in [4.69, 9.17) is 5.41 Å². The summed E-state index contributed by atoms with van der Waals surface area (Å²) < 4.78 is 0. The van der Waals surface area contributed by atoms with Crippen LogP contribution in [-0.2, 0) is 0 Å². The van der Waals surface area contributed by atoms with Crippen LogP contribution in [0.15, 0.2) is 0 Å². The van der Waals surface area contributed by atoms with Gasteiger partial charge in [0.15, 0.2) is 0 Å². The molecule has 0 aromatic carbocycles. The Kier molecular flexibility index (Phi) is 14.0. The van der Waals surface area contributed by atoms with Gasteiger partial charge in [-0.2, -0.15) is 0 Å². The van der Waals surface area contributed by atoms with E-state index < -0.39 is 0 Å². The molecular weight excluding hydrogens is 136 g/mol. The van der Waals surface area contributed by atoms with E-state index in [1.807, 2.05) is 0 Å². The van der Waals surface area contributed by atoms with Crippen molar-refractivity contribution in [1.29, 1.82) is 5.41 Å². The Morgan fingerprint density at radius 3 is 2.56 bits per heavy atom. The molecule has 2 nitrogen and oxygen atoms in total. The van der Waals surface area contributed by atoms with Gasteiger partial charge in [0.1, 0.15) is 0 Å². The van der Waals surface area contributed by atoms with Gasteiger partial charge in [-0.05, 0) is 25.6 Å². The molecule has 0 saturated carbocycles. The number of hydrogen-bond acceptors (Lipinski definition) is 2. The number of halogens is 1. The summed E-state index contributed by atoms with van der Waals surface area (Å²) in [6.45, 7) is 4.17. The fourth-order valence-corrected chi connectivity index (χ4v) is 0.476. The molecule has 0 rings (SSSR count). The van der Waals surface area contributed by atoms with Crippen LogP contribution >= 0.6 is 12.4 Å². The zero-order valence-electron chi connectivity index (χ0n) is 5.81. The van der Waals surface area contributed by atoms with Gasteiger partial charge in [0.05, 0.1) is 0 Å². The molecule has 0 aliphatic rings. The van der Waals surface area contributed by atoms with Crippen LogP contribution in [-0.4, -0.2) is 19.3 Å². The minimum Gasteiger partial charge on any atom is -0.316 e. The van der Waals surface area contributed by atoms with Crippen molar-refractivity contribution in [3.05, 3.63) is 0 Å². The van der Waals surface area contributed by atoms with E-state index in [1.54, 1.807) is 0 Å². The standard InChI is InChI=1S/C6H14N2.ClH/c1-2-5-8-6-3-4-7;/h4,7-8H,2-3,5-6H2,1H3;1H. The fraction of sp³-hybridized carbons (Fsp3) is 0.833. The van der Waals surface area contributed by atoms with E-state index in [2.05, 4.69) is 12.2 Å². The van der Waals surface area contributed by atoms with Crippen LogP contribution in [0.3, 0.4) is 0 Å². The van der Waals surface area contributed by atoms with Crippen molar-refractivity contribution in [2.75, 3.05) is 13.1 Å². The van der Waals surface area contributed by atoms with E-state index >= 15 is 0 Å². The topological polar surface area (TPSA) is 35.9 Å². The average Bonchev–Trinajstić information content (AvgIpc) is 1.81. The summed E-state index contributed by atoms with van der Waals surface area (Å²) in [6, 6.07) is 0. The lowest BCUT2D eigenvalue weighted by atomic mass is 10.4. The lowest BCUT2D eigenvalue weighted by Crippen LogP contribution is -2.15. The predicted octanol–water partition coefficient (Wildman–Crippen LogP) is 1.45. The summed E-state index contributed by atoms with van der Waals surface area (Å²) in [7, 11) is 0. The maximum Gasteiger partial charge on any atom is 0.0000487 e. The summed E-state index contributed by atoms with van der Waals surface area (Å²) in [5, 5.41) is 9.86. The first-order valence-electron chi connectivity index (χ1n) is 3.11. The van der Waals surface area contributed by atoms with Crippen molar-refractivity contribution in [1.82, 2.24) is 5.32 Å². The van der Waals surface area contributed by atoms with Crippen LogP contribution in [0.4, 0.5) is 0 Å². The van der Waals surface area contributed by atoms with Crippen LogP contribution in [0.25, 0.3) is 0 Å². The van der Waals surface area contributed by atoms with Gasteiger partial charge in [0.2, 0.25) is 0 Å². The highest BCUT2D eigenvalue weighted by molar-refractivity contribution is 5.85. The molecule has 3 heteroatoms. The third-order valence-corrected chi connectivity index (χ3v) is 0.892. The molecule has 0 bridgehead atoms. The van der Waals surface area contributed by atoms with Gasteiger partial charge in [-0.15, -0.1) is 12.4 Å². The second-order valence-corrected chi connectivity index (χ2v) is 1.74. The lowest BCUT2D eigenvalue weighted by Gasteiger charge is -1.96. The molecule has 2 N–H and O–H groups in total. The molecule has 0 aromatic heterocycles. The minimum absolute atomic E-state index is 0. The highest BCUT2D eigenvalue weighted by atomic mass is 35.5. The van der Waals surface area contributed by atoms with Crippen LogP contribution in [0.1, 0.15) is 19.8 Å². The third-order valence-electron chi connectivity index (χ3n) is 0.892. The molecule has 0 atom stereocenters. The number of rotatable bonds is 5. The highest BCUT2D eigenvalue weighted by Crippen LogP contribution is 1.70. The SMILES string of the molecule is CCCNCCC=N.Cl. The molecule has 9 heavy (non-hydrogen) atoms. The molecule has 0 saturated heterocycles. The van der Waals surface area contributed by atoms with Crippen molar-refractivity contribution in [3.63, 3.8) is 0 Å². The third kappa shape index (κ3) is 11.5. The van der Waals surface area contributed by atoms with Crippen molar-refractivity contribution in [3.8, 4) is 0 Å². The second-order valence-electron chi connectivity index (χ2n) is 1.74. The molecule has 0 aliphatic carbocycles. The minimum atomic E-state index is 0. The molecule has 0 fully saturated rings. The van der Waals surface area contributed by atoms with Crippen molar-refractivity contribution >= 4 is 18.6 Å². The molecule has 0 aliphatic heterocycles. The molecule has 0 unspecified atom stereocenters. The van der Waals surface area contributed by atoms with Crippen LogP contribution in [0, 0.1) is 5.41 Å². The maximum atomic E-state index is 6.67. The Morgan fingerprint density at radius 1 is 1.44 bits per heavy atom. The van der Waals surface area contributed by atoms with Gasteiger partial charge in [0, 0.05) is 6.54 Å². The second kappa shape index (κ2) is 10.8. The smallest absolute Gasteiger partial charge is 0.0000487 e. The molecule has 0 aromatic rings. The zero-order valence-corrected chi connectivity index (χ0v) is 6.63. The lowest BCUT2D eigenvalue weighted by molar-refractivity contribution is 0.688. The molecule has 0 heterocycles. The van der Waals surface area contributed by atoms with Crippen molar-refractivity contribution in [2.45, 2.75) is 19.8 Å². The van der Waals surface area contributed by atoms with Gasteiger partial charge < -0.3 is 10.7 Å². The van der Waals surface area contributed by atoms with E-state index in [0.717, 1.165) is 19.5 Å². The summed E-state index contributed by atoms with van der Waals surface area (Å²) in [4.78, 5) is 0.